The smallest absolute Gasteiger partial charge is 0.188 e. The van der Waals surface area contributed by atoms with Crippen molar-refractivity contribution in [2.45, 2.75) is 39.7 Å². The lowest BCUT2D eigenvalue weighted by molar-refractivity contribution is 0.145. The largest absolute Gasteiger partial charge is 0.382 e. The SMILES string of the molecule is CCOCCCNC(N)=NCc1ccc(C)nc1N1CCCC1. The fourth-order valence-electron chi connectivity index (χ4n) is 2.66. The van der Waals surface area contributed by atoms with E-state index < -0.39 is 0 Å². The molecule has 0 aliphatic carbocycles. The first kappa shape index (κ1) is 17.5. The number of hydrogen-bond acceptors (Lipinski definition) is 4. The lowest BCUT2D eigenvalue weighted by atomic mass is 10.2. The van der Waals surface area contributed by atoms with E-state index in [0.29, 0.717) is 12.5 Å². The van der Waals surface area contributed by atoms with Gasteiger partial charge in [0.05, 0.1) is 6.54 Å². The summed E-state index contributed by atoms with van der Waals surface area (Å²) in [5.74, 6) is 1.55. The average molecular weight is 319 g/mol. The first-order valence-electron chi connectivity index (χ1n) is 8.53. The number of nitrogens with zero attached hydrogens (tertiary/aromatic N) is 3. The van der Waals surface area contributed by atoms with Crippen molar-refractivity contribution in [3.8, 4) is 0 Å². The summed E-state index contributed by atoms with van der Waals surface area (Å²) in [7, 11) is 0. The number of aliphatic imine (C=N–C) groups is 1. The second-order valence-corrected chi connectivity index (χ2v) is 5.81. The van der Waals surface area contributed by atoms with Gasteiger partial charge in [0, 0.05) is 44.1 Å². The molecule has 2 rings (SSSR count). The quantitative estimate of drug-likeness (QED) is 0.434. The van der Waals surface area contributed by atoms with Crippen LogP contribution in [0.3, 0.4) is 0 Å². The van der Waals surface area contributed by atoms with Crippen LogP contribution in [0.2, 0.25) is 0 Å². The molecule has 0 amide bonds. The Hall–Kier alpha value is -1.82. The topological polar surface area (TPSA) is 75.8 Å². The molecule has 1 aromatic heterocycles. The van der Waals surface area contributed by atoms with E-state index in [9.17, 15) is 0 Å². The molecule has 128 valence electrons. The van der Waals surface area contributed by atoms with Crippen molar-refractivity contribution in [3.63, 3.8) is 0 Å². The molecule has 6 heteroatoms. The van der Waals surface area contributed by atoms with Crippen molar-refractivity contribution in [1.29, 1.82) is 0 Å². The minimum absolute atomic E-state index is 0.481. The molecule has 6 nitrogen and oxygen atoms in total. The van der Waals surface area contributed by atoms with Crippen molar-refractivity contribution in [2.75, 3.05) is 37.7 Å². The highest BCUT2D eigenvalue weighted by molar-refractivity contribution is 5.77. The third-order valence-corrected chi connectivity index (χ3v) is 3.90. The van der Waals surface area contributed by atoms with Crippen LogP contribution in [0.1, 0.15) is 37.4 Å². The van der Waals surface area contributed by atoms with E-state index in [2.05, 4.69) is 21.3 Å². The standard InChI is InChI=1S/C17H29N5O/c1-3-23-12-6-9-19-17(18)20-13-15-8-7-14(2)21-16(15)22-10-4-5-11-22/h7-8H,3-6,9-13H2,1-2H3,(H3,18,19,20). The van der Waals surface area contributed by atoms with E-state index in [1.165, 1.54) is 12.8 Å². The van der Waals surface area contributed by atoms with Crippen LogP contribution in [0.4, 0.5) is 5.82 Å². The van der Waals surface area contributed by atoms with Gasteiger partial charge >= 0.3 is 0 Å². The molecule has 1 fully saturated rings. The lowest BCUT2D eigenvalue weighted by Crippen LogP contribution is -2.33. The molecule has 1 aliphatic heterocycles. The number of aryl methyl sites for hydroxylation is 1. The Balaban J connectivity index is 1.90. The second-order valence-electron chi connectivity index (χ2n) is 5.81. The molecule has 23 heavy (non-hydrogen) atoms. The Bertz CT molecular complexity index is 512. The van der Waals surface area contributed by atoms with E-state index in [4.69, 9.17) is 15.5 Å². The molecule has 0 radical (unpaired) electrons. The third-order valence-electron chi connectivity index (χ3n) is 3.90. The molecule has 2 heterocycles. The highest BCUT2D eigenvalue weighted by Crippen LogP contribution is 2.23. The van der Waals surface area contributed by atoms with Crippen LogP contribution in [0.15, 0.2) is 17.1 Å². The number of guanidine groups is 1. The molecular weight excluding hydrogens is 290 g/mol. The summed E-state index contributed by atoms with van der Waals surface area (Å²) in [4.78, 5) is 11.5. The van der Waals surface area contributed by atoms with E-state index in [0.717, 1.165) is 56.3 Å². The fraction of sp³-hybridized carbons (Fsp3) is 0.647. The number of ether oxygens (including phenoxy) is 1. The summed E-state index contributed by atoms with van der Waals surface area (Å²) in [5.41, 5.74) is 8.11. The van der Waals surface area contributed by atoms with Gasteiger partial charge in [-0.05, 0) is 39.2 Å². The zero-order valence-electron chi connectivity index (χ0n) is 14.3. The van der Waals surface area contributed by atoms with Crippen molar-refractivity contribution < 1.29 is 4.74 Å². The van der Waals surface area contributed by atoms with Crippen LogP contribution in [0.5, 0.6) is 0 Å². The zero-order chi connectivity index (χ0) is 16.5. The summed E-state index contributed by atoms with van der Waals surface area (Å²) in [5, 5.41) is 3.13. The highest BCUT2D eigenvalue weighted by atomic mass is 16.5. The van der Waals surface area contributed by atoms with Gasteiger partial charge in [0.15, 0.2) is 5.96 Å². The predicted molar refractivity (Wildman–Crippen MR) is 94.9 cm³/mol. The molecule has 0 atom stereocenters. The normalized spacial score (nSPS) is 15.2. The number of anilines is 1. The van der Waals surface area contributed by atoms with E-state index >= 15 is 0 Å². The Morgan fingerprint density at radius 2 is 2.17 bits per heavy atom. The van der Waals surface area contributed by atoms with Crippen LogP contribution in [-0.2, 0) is 11.3 Å². The van der Waals surface area contributed by atoms with Gasteiger partial charge in [-0.25, -0.2) is 9.98 Å². The zero-order valence-corrected chi connectivity index (χ0v) is 14.3. The Labute approximate surface area is 139 Å². The predicted octanol–water partition coefficient (Wildman–Crippen LogP) is 1.82. The molecule has 0 aromatic carbocycles. The molecule has 1 aliphatic rings. The van der Waals surface area contributed by atoms with Crippen molar-refractivity contribution in [1.82, 2.24) is 10.3 Å². The number of nitrogens with one attached hydrogen (secondary N) is 1. The molecule has 0 saturated carbocycles. The van der Waals surface area contributed by atoms with Crippen LogP contribution < -0.4 is 16.0 Å². The lowest BCUT2D eigenvalue weighted by Gasteiger charge is -2.20. The number of aromatic nitrogens is 1. The van der Waals surface area contributed by atoms with Gasteiger partial charge in [-0.15, -0.1) is 0 Å². The van der Waals surface area contributed by atoms with Crippen LogP contribution in [-0.4, -0.2) is 43.8 Å². The van der Waals surface area contributed by atoms with Crippen molar-refractivity contribution in [2.24, 2.45) is 10.7 Å². The second kappa shape index (κ2) is 9.35. The molecule has 0 bridgehead atoms. The van der Waals surface area contributed by atoms with Crippen molar-refractivity contribution >= 4 is 11.8 Å². The maximum atomic E-state index is 5.93. The highest BCUT2D eigenvalue weighted by Gasteiger charge is 2.17. The maximum Gasteiger partial charge on any atom is 0.188 e. The van der Waals surface area contributed by atoms with Gasteiger partial charge in [0.1, 0.15) is 5.82 Å². The monoisotopic (exact) mass is 319 g/mol. The molecular formula is C17H29N5O. The summed E-state index contributed by atoms with van der Waals surface area (Å²) in [6, 6.07) is 4.15. The van der Waals surface area contributed by atoms with Gasteiger partial charge in [-0.1, -0.05) is 6.07 Å². The van der Waals surface area contributed by atoms with Gasteiger partial charge in [-0.2, -0.15) is 0 Å². The molecule has 3 N–H and O–H groups in total. The molecule has 0 unspecified atom stereocenters. The van der Waals surface area contributed by atoms with Gasteiger partial charge in [0.25, 0.3) is 0 Å². The van der Waals surface area contributed by atoms with E-state index in [1.54, 1.807) is 0 Å². The van der Waals surface area contributed by atoms with Gasteiger partial charge in [-0.3, -0.25) is 0 Å². The fourth-order valence-corrected chi connectivity index (χ4v) is 2.66. The molecule has 1 saturated heterocycles. The first-order valence-corrected chi connectivity index (χ1v) is 8.53. The number of rotatable bonds is 8. The number of nitrogens with two attached hydrogens (primary N) is 1. The van der Waals surface area contributed by atoms with Crippen LogP contribution in [0.25, 0.3) is 0 Å². The number of hydrogen-bond donors (Lipinski definition) is 2. The summed E-state index contributed by atoms with van der Waals surface area (Å²) < 4.78 is 5.29. The van der Waals surface area contributed by atoms with E-state index in [-0.39, 0.29) is 0 Å². The van der Waals surface area contributed by atoms with Gasteiger partial charge < -0.3 is 20.7 Å². The minimum Gasteiger partial charge on any atom is -0.382 e. The Morgan fingerprint density at radius 3 is 2.91 bits per heavy atom. The summed E-state index contributed by atoms with van der Waals surface area (Å²) in [6.07, 6.45) is 3.40. The first-order chi connectivity index (χ1) is 11.2. The molecule has 0 spiro atoms. The maximum absolute atomic E-state index is 5.93. The van der Waals surface area contributed by atoms with Gasteiger partial charge in [0.2, 0.25) is 0 Å². The summed E-state index contributed by atoms with van der Waals surface area (Å²) >= 11 is 0. The van der Waals surface area contributed by atoms with Crippen molar-refractivity contribution in [3.05, 3.63) is 23.4 Å². The Morgan fingerprint density at radius 1 is 1.39 bits per heavy atom. The third kappa shape index (κ3) is 5.71. The molecule has 1 aromatic rings. The van der Waals surface area contributed by atoms with Crippen LogP contribution in [0, 0.1) is 6.92 Å². The average Bonchev–Trinajstić information content (AvgIpc) is 3.07. The summed E-state index contributed by atoms with van der Waals surface area (Å²) in [6.45, 7) is 9.03. The van der Waals surface area contributed by atoms with Crippen LogP contribution >= 0.6 is 0 Å². The Kier molecular flexibility index (Phi) is 7.13. The van der Waals surface area contributed by atoms with E-state index in [1.807, 2.05) is 19.9 Å². The minimum atomic E-state index is 0.481. The number of pyridine rings is 1.